The molecule has 0 amide bonds. The summed E-state index contributed by atoms with van der Waals surface area (Å²) in [5.41, 5.74) is 11.6. The molecule has 2 rings (SSSR count). The zero-order valence-electron chi connectivity index (χ0n) is 14.0. The molecule has 0 aliphatic heterocycles. The van der Waals surface area contributed by atoms with E-state index in [1.807, 2.05) is 0 Å². The Hall–Kier alpha value is -0.120. The lowest BCUT2D eigenvalue weighted by Crippen LogP contribution is -2.38. The van der Waals surface area contributed by atoms with Crippen molar-refractivity contribution in [1.82, 2.24) is 5.32 Å². The Morgan fingerprint density at radius 3 is 2.24 bits per heavy atom. The zero-order chi connectivity index (χ0) is 15.1. The first kappa shape index (κ1) is 17.2. The van der Waals surface area contributed by atoms with E-state index in [-0.39, 0.29) is 0 Å². The van der Waals surface area contributed by atoms with Crippen LogP contribution >= 0.6 is 0 Å². The molecule has 0 aromatic heterocycles. The van der Waals surface area contributed by atoms with Crippen LogP contribution in [0.25, 0.3) is 0 Å². The summed E-state index contributed by atoms with van der Waals surface area (Å²) in [4.78, 5) is 0. The molecule has 0 aromatic carbocycles. The normalized spacial score (nSPS) is 35.6. The van der Waals surface area contributed by atoms with Crippen LogP contribution < -0.4 is 16.8 Å². The Balaban J connectivity index is 1.60. The second-order valence-corrected chi connectivity index (χ2v) is 7.68. The number of hydrogen-bond acceptors (Lipinski definition) is 3. The number of nitrogens with two attached hydrogens (primary N) is 2. The molecule has 3 atom stereocenters. The van der Waals surface area contributed by atoms with Gasteiger partial charge in [-0.05, 0) is 88.8 Å². The molecule has 0 heterocycles. The standard InChI is InChI=1S/C18H37N3/c1-14(18-4-2-3-17(11-18)13-20)21-10-9-15-5-7-16(12-19)8-6-15/h14-18,21H,2-13,19-20H2,1H3. The summed E-state index contributed by atoms with van der Waals surface area (Å²) >= 11 is 0. The second kappa shape index (κ2) is 9.12. The maximum Gasteiger partial charge on any atom is 0.00671 e. The molecule has 0 saturated heterocycles. The maximum absolute atomic E-state index is 5.86. The van der Waals surface area contributed by atoms with Gasteiger partial charge in [0.1, 0.15) is 0 Å². The predicted octanol–water partition coefficient (Wildman–Crippen LogP) is 2.88. The molecule has 0 bridgehead atoms. The Morgan fingerprint density at radius 2 is 1.57 bits per heavy atom. The highest BCUT2D eigenvalue weighted by molar-refractivity contribution is 4.81. The SMILES string of the molecule is CC(NCCC1CCC(CN)CC1)C1CCCC(CN)C1. The van der Waals surface area contributed by atoms with Gasteiger partial charge in [0.15, 0.2) is 0 Å². The van der Waals surface area contributed by atoms with E-state index in [9.17, 15) is 0 Å². The molecular weight excluding hydrogens is 258 g/mol. The zero-order valence-corrected chi connectivity index (χ0v) is 14.0. The molecule has 0 aromatic rings. The van der Waals surface area contributed by atoms with E-state index in [1.165, 1.54) is 64.3 Å². The van der Waals surface area contributed by atoms with Gasteiger partial charge < -0.3 is 16.8 Å². The van der Waals surface area contributed by atoms with Gasteiger partial charge in [-0.25, -0.2) is 0 Å². The van der Waals surface area contributed by atoms with Gasteiger partial charge in [-0.2, -0.15) is 0 Å². The van der Waals surface area contributed by atoms with Crippen molar-refractivity contribution in [2.45, 2.75) is 70.8 Å². The minimum Gasteiger partial charge on any atom is -0.330 e. The summed E-state index contributed by atoms with van der Waals surface area (Å²) in [5.74, 6) is 3.37. The van der Waals surface area contributed by atoms with E-state index in [4.69, 9.17) is 11.5 Å². The molecular formula is C18H37N3. The molecule has 3 nitrogen and oxygen atoms in total. The van der Waals surface area contributed by atoms with Crippen LogP contribution in [0.4, 0.5) is 0 Å². The van der Waals surface area contributed by atoms with Gasteiger partial charge >= 0.3 is 0 Å². The van der Waals surface area contributed by atoms with Crippen molar-refractivity contribution in [3.63, 3.8) is 0 Å². The Kier molecular flexibility index (Phi) is 7.48. The molecule has 3 heteroatoms. The smallest absolute Gasteiger partial charge is 0.00671 e. The highest BCUT2D eigenvalue weighted by Gasteiger charge is 2.25. The fourth-order valence-electron chi connectivity index (χ4n) is 4.44. The minimum absolute atomic E-state index is 0.666. The monoisotopic (exact) mass is 295 g/mol. The number of hydrogen-bond donors (Lipinski definition) is 3. The molecule has 2 fully saturated rings. The molecule has 0 spiro atoms. The molecule has 124 valence electrons. The van der Waals surface area contributed by atoms with Gasteiger partial charge in [0.2, 0.25) is 0 Å². The summed E-state index contributed by atoms with van der Waals surface area (Å²) in [6.07, 6.45) is 12.3. The van der Waals surface area contributed by atoms with Gasteiger partial charge in [-0.15, -0.1) is 0 Å². The molecule has 21 heavy (non-hydrogen) atoms. The van der Waals surface area contributed by atoms with E-state index < -0.39 is 0 Å². The number of rotatable bonds is 7. The van der Waals surface area contributed by atoms with Crippen molar-refractivity contribution >= 4 is 0 Å². The predicted molar refractivity (Wildman–Crippen MR) is 91.1 cm³/mol. The van der Waals surface area contributed by atoms with Crippen molar-refractivity contribution in [1.29, 1.82) is 0 Å². The second-order valence-electron chi connectivity index (χ2n) is 7.68. The first-order chi connectivity index (χ1) is 10.2. The van der Waals surface area contributed by atoms with Crippen LogP contribution in [-0.2, 0) is 0 Å². The van der Waals surface area contributed by atoms with Gasteiger partial charge in [-0.1, -0.05) is 19.3 Å². The van der Waals surface area contributed by atoms with E-state index in [2.05, 4.69) is 12.2 Å². The van der Waals surface area contributed by atoms with E-state index in [1.54, 1.807) is 0 Å². The molecule has 3 unspecified atom stereocenters. The van der Waals surface area contributed by atoms with Crippen molar-refractivity contribution < 1.29 is 0 Å². The van der Waals surface area contributed by atoms with Gasteiger partial charge in [0, 0.05) is 6.04 Å². The Bertz CT molecular complexity index is 274. The van der Waals surface area contributed by atoms with Crippen LogP contribution in [0.3, 0.4) is 0 Å². The first-order valence-corrected chi connectivity index (χ1v) is 9.36. The topological polar surface area (TPSA) is 64.1 Å². The van der Waals surface area contributed by atoms with Gasteiger partial charge in [0.05, 0.1) is 0 Å². The third kappa shape index (κ3) is 5.54. The van der Waals surface area contributed by atoms with Crippen LogP contribution in [0.5, 0.6) is 0 Å². The summed E-state index contributed by atoms with van der Waals surface area (Å²) < 4.78 is 0. The molecule has 2 aliphatic carbocycles. The highest BCUT2D eigenvalue weighted by atomic mass is 14.9. The van der Waals surface area contributed by atoms with E-state index in [0.29, 0.717) is 6.04 Å². The molecule has 2 saturated carbocycles. The van der Waals surface area contributed by atoms with Crippen LogP contribution in [0, 0.1) is 23.7 Å². The lowest BCUT2D eigenvalue weighted by atomic mass is 9.78. The van der Waals surface area contributed by atoms with Crippen LogP contribution in [0.2, 0.25) is 0 Å². The van der Waals surface area contributed by atoms with Crippen molar-refractivity contribution in [2.75, 3.05) is 19.6 Å². The Morgan fingerprint density at radius 1 is 0.905 bits per heavy atom. The lowest BCUT2D eigenvalue weighted by Gasteiger charge is -2.33. The first-order valence-electron chi connectivity index (χ1n) is 9.36. The van der Waals surface area contributed by atoms with Crippen LogP contribution in [0.1, 0.15) is 64.7 Å². The van der Waals surface area contributed by atoms with Crippen molar-refractivity contribution in [3.8, 4) is 0 Å². The van der Waals surface area contributed by atoms with E-state index >= 15 is 0 Å². The molecule has 2 aliphatic rings. The fourth-order valence-corrected chi connectivity index (χ4v) is 4.44. The van der Waals surface area contributed by atoms with E-state index in [0.717, 1.165) is 36.8 Å². The van der Waals surface area contributed by atoms with Gasteiger partial charge in [0.25, 0.3) is 0 Å². The quantitative estimate of drug-likeness (QED) is 0.676. The molecule has 5 N–H and O–H groups in total. The third-order valence-corrected chi connectivity index (χ3v) is 6.18. The van der Waals surface area contributed by atoms with Crippen molar-refractivity contribution in [2.24, 2.45) is 35.1 Å². The highest BCUT2D eigenvalue weighted by Crippen LogP contribution is 2.31. The third-order valence-electron chi connectivity index (χ3n) is 6.18. The average Bonchev–Trinajstić information content (AvgIpc) is 2.55. The molecule has 0 radical (unpaired) electrons. The number of nitrogens with one attached hydrogen (secondary N) is 1. The summed E-state index contributed by atoms with van der Waals surface area (Å²) in [6.45, 7) is 5.36. The summed E-state index contributed by atoms with van der Waals surface area (Å²) in [5, 5.41) is 3.80. The summed E-state index contributed by atoms with van der Waals surface area (Å²) in [6, 6.07) is 0.666. The van der Waals surface area contributed by atoms with Crippen molar-refractivity contribution in [3.05, 3.63) is 0 Å². The minimum atomic E-state index is 0.666. The largest absolute Gasteiger partial charge is 0.330 e. The maximum atomic E-state index is 5.86. The Labute approximate surface area is 131 Å². The summed E-state index contributed by atoms with van der Waals surface area (Å²) in [7, 11) is 0. The van der Waals surface area contributed by atoms with Crippen LogP contribution in [-0.4, -0.2) is 25.7 Å². The lowest BCUT2D eigenvalue weighted by molar-refractivity contribution is 0.216. The van der Waals surface area contributed by atoms with Crippen LogP contribution in [0.15, 0.2) is 0 Å². The average molecular weight is 296 g/mol. The fraction of sp³-hybridized carbons (Fsp3) is 1.00. The van der Waals surface area contributed by atoms with Gasteiger partial charge in [-0.3, -0.25) is 0 Å².